The molecule has 5 nitrogen and oxygen atoms in total. The number of nitrogens with zero attached hydrogens (tertiary/aromatic N) is 3. The normalized spacial score (nSPS) is 21.8. The molecule has 2 heterocycles. The van der Waals surface area contributed by atoms with E-state index in [-0.39, 0.29) is 5.91 Å². The molecule has 0 unspecified atom stereocenters. The molecule has 0 spiro atoms. The van der Waals surface area contributed by atoms with Crippen molar-refractivity contribution in [3.05, 3.63) is 0 Å². The van der Waals surface area contributed by atoms with Crippen LogP contribution in [0.25, 0.3) is 0 Å². The number of carbonyl (C=O) groups excluding carboxylic acids is 1. The maximum atomic E-state index is 11.6. The summed E-state index contributed by atoms with van der Waals surface area (Å²) in [5.74, 6) is 0.906. The van der Waals surface area contributed by atoms with Crippen LogP contribution in [0.3, 0.4) is 0 Å². The first kappa shape index (κ1) is 20.7. The maximum Gasteiger partial charge on any atom is 0.219 e. The Morgan fingerprint density at radius 1 is 1.00 bits per heavy atom. The van der Waals surface area contributed by atoms with E-state index in [0.29, 0.717) is 18.4 Å². The van der Waals surface area contributed by atoms with E-state index in [9.17, 15) is 4.79 Å². The molecule has 2 saturated heterocycles. The lowest BCUT2D eigenvalue weighted by Gasteiger charge is -2.37. The number of piperidine rings is 1. The zero-order valence-electron chi connectivity index (χ0n) is 16.8. The summed E-state index contributed by atoms with van der Waals surface area (Å²) in [7, 11) is 0. The van der Waals surface area contributed by atoms with Gasteiger partial charge in [-0.25, -0.2) is 0 Å². The van der Waals surface area contributed by atoms with Gasteiger partial charge in [-0.15, -0.1) is 0 Å². The van der Waals surface area contributed by atoms with E-state index in [0.717, 1.165) is 13.0 Å². The molecule has 5 heteroatoms. The molecular formula is C20H40N4O. The van der Waals surface area contributed by atoms with E-state index in [1.54, 1.807) is 0 Å². The minimum Gasteiger partial charge on any atom is -0.356 e. The number of nitrogens with one attached hydrogen (secondary N) is 1. The van der Waals surface area contributed by atoms with E-state index in [1.807, 2.05) is 0 Å². The molecule has 0 saturated carbocycles. The third-order valence-corrected chi connectivity index (χ3v) is 5.86. The monoisotopic (exact) mass is 352 g/mol. The molecule has 1 amide bonds. The van der Waals surface area contributed by atoms with Crippen molar-refractivity contribution in [1.29, 1.82) is 0 Å². The fraction of sp³-hybridized carbons (Fsp3) is 0.950. The predicted molar refractivity (Wildman–Crippen MR) is 105 cm³/mol. The minimum absolute atomic E-state index is 0.225. The zero-order chi connectivity index (χ0) is 18.1. The van der Waals surface area contributed by atoms with Crippen LogP contribution in [0.1, 0.15) is 52.9 Å². The second-order valence-electron chi connectivity index (χ2n) is 8.16. The van der Waals surface area contributed by atoms with Gasteiger partial charge in [0.1, 0.15) is 0 Å². The molecule has 0 bridgehead atoms. The quantitative estimate of drug-likeness (QED) is 0.689. The molecule has 1 N–H and O–H groups in total. The minimum atomic E-state index is 0.225. The van der Waals surface area contributed by atoms with Crippen molar-refractivity contribution >= 4 is 5.91 Å². The summed E-state index contributed by atoms with van der Waals surface area (Å²) >= 11 is 0. The fourth-order valence-electron chi connectivity index (χ4n) is 4.01. The molecule has 0 aromatic rings. The van der Waals surface area contributed by atoms with Crippen molar-refractivity contribution in [3.8, 4) is 0 Å². The second-order valence-corrected chi connectivity index (χ2v) is 8.16. The molecule has 2 aliphatic heterocycles. The largest absolute Gasteiger partial charge is 0.356 e. The Morgan fingerprint density at radius 3 is 2.16 bits per heavy atom. The summed E-state index contributed by atoms with van der Waals surface area (Å²) in [6.45, 7) is 17.4. The molecule has 2 rings (SSSR count). The van der Waals surface area contributed by atoms with Crippen molar-refractivity contribution in [3.63, 3.8) is 0 Å². The van der Waals surface area contributed by atoms with Crippen LogP contribution in [-0.4, -0.2) is 85.6 Å². The number of piperazine rings is 1. The summed E-state index contributed by atoms with van der Waals surface area (Å²) in [5.41, 5.74) is 0. The van der Waals surface area contributed by atoms with Crippen LogP contribution in [0, 0.1) is 5.92 Å². The van der Waals surface area contributed by atoms with Gasteiger partial charge in [0.05, 0.1) is 0 Å². The topological polar surface area (TPSA) is 38.8 Å². The first-order valence-electron chi connectivity index (χ1n) is 10.5. The molecular weight excluding hydrogens is 312 g/mol. The molecule has 0 aliphatic carbocycles. The summed E-state index contributed by atoms with van der Waals surface area (Å²) < 4.78 is 0. The van der Waals surface area contributed by atoms with Crippen molar-refractivity contribution in [2.45, 2.75) is 58.9 Å². The lowest BCUT2D eigenvalue weighted by molar-refractivity contribution is -0.121. The fourth-order valence-corrected chi connectivity index (χ4v) is 4.01. The van der Waals surface area contributed by atoms with Crippen LogP contribution in [0.15, 0.2) is 0 Å². The van der Waals surface area contributed by atoms with Gasteiger partial charge in [0.2, 0.25) is 5.91 Å². The second kappa shape index (κ2) is 11.1. The van der Waals surface area contributed by atoms with Crippen molar-refractivity contribution in [2.75, 3.05) is 58.9 Å². The van der Waals surface area contributed by atoms with Crippen LogP contribution in [0.2, 0.25) is 0 Å². The summed E-state index contributed by atoms with van der Waals surface area (Å²) in [6, 6.07) is 0.690. The number of likely N-dealkylation sites (tertiary alicyclic amines) is 1. The summed E-state index contributed by atoms with van der Waals surface area (Å²) in [6.07, 6.45) is 5.37. The average molecular weight is 353 g/mol. The average Bonchev–Trinajstić information content (AvgIpc) is 2.62. The van der Waals surface area contributed by atoms with Crippen LogP contribution >= 0.6 is 0 Å². The van der Waals surface area contributed by atoms with E-state index in [1.165, 1.54) is 71.6 Å². The van der Waals surface area contributed by atoms with E-state index in [4.69, 9.17) is 0 Å². The Labute approximate surface area is 155 Å². The third-order valence-electron chi connectivity index (χ3n) is 5.86. The van der Waals surface area contributed by atoms with E-state index >= 15 is 0 Å². The molecule has 2 fully saturated rings. The number of hydrogen-bond donors (Lipinski definition) is 1. The summed E-state index contributed by atoms with van der Waals surface area (Å²) in [4.78, 5) is 19.4. The molecule has 2 aliphatic rings. The first-order chi connectivity index (χ1) is 12.1. The zero-order valence-corrected chi connectivity index (χ0v) is 16.8. The van der Waals surface area contributed by atoms with E-state index in [2.05, 4.69) is 40.8 Å². The Morgan fingerprint density at radius 2 is 1.60 bits per heavy atom. The van der Waals surface area contributed by atoms with Crippen LogP contribution in [0.4, 0.5) is 0 Å². The molecule has 146 valence electrons. The molecule has 0 atom stereocenters. The van der Waals surface area contributed by atoms with Crippen LogP contribution < -0.4 is 5.32 Å². The maximum absolute atomic E-state index is 11.6. The van der Waals surface area contributed by atoms with Gasteiger partial charge in [-0.2, -0.15) is 0 Å². The molecule has 0 radical (unpaired) electrons. The van der Waals surface area contributed by atoms with Crippen LogP contribution in [0.5, 0.6) is 0 Å². The SMILES string of the molecule is CCCC(=O)NCC1CCN(CCCN2CCN(C(C)C)CC2)CC1. The third kappa shape index (κ3) is 7.63. The van der Waals surface area contributed by atoms with Gasteiger partial charge < -0.3 is 15.1 Å². The highest BCUT2D eigenvalue weighted by atomic mass is 16.1. The number of amides is 1. The highest BCUT2D eigenvalue weighted by molar-refractivity contribution is 5.75. The lowest BCUT2D eigenvalue weighted by Crippen LogP contribution is -2.49. The van der Waals surface area contributed by atoms with Gasteiger partial charge in [0, 0.05) is 45.2 Å². The van der Waals surface area contributed by atoms with Gasteiger partial charge in [-0.1, -0.05) is 6.92 Å². The van der Waals surface area contributed by atoms with Gasteiger partial charge >= 0.3 is 0 Å². The Balaban J connectivity index is 1.51. The smallest absolute Gasteiger partial charge is 0.219 e. The lowest BCUT2D eigenvalue weighted by atomic mass is 9.96. The summed E-state index contributed by atoms with van der Waals surface area (Å²) in [5, 5.41) is 3.10. The van der Waals surface area contributed by atoms with Gasteiger partial charge in [-0.3, -0.25) is 9.69 Å². The predicted octanol–water partition coefficient (Wildman–Crippen LogP) is 2.03. The molecule has 25 heavy (non-hydrogen) atoms. The van der Waals surface area contributed by atoms with Crippen molar-refractivity contribution < 1.29 is 4.79 Å². The number of carbonyl (C=O) groups is 1. The van der Waals surface area contributed by atoms with Gasteiger partial charge in [0.15, 0.2) is 0 Å². The van der Waals surface area contributed by atoms with Crippen molar-refractivity contribution in [1.82, 2.24) is 20.0 Å². The number of rotatable bonds is 9. The highest BCUT2D eigenvalue weighted by Gasteiger charge is 2.21. The molecule has 0 aromatic carbocycles. The number of hydrogen-bond acceptors (Lipinski definition) is 4. The van der Waals surface area contributed by atoms with Gasteiger partial charge in [-0.05, 0) is 71.6 Å². The van der Waals surface area contributed by atoms with Gasteiger partial charge in [0.25, 0.3) is 0 Å². The highest BCUT2D eigenvalue weighted by Crippen LogP contribution is 2.17. The van der Waals surface area contributed by atoms with E-state index < -0.39 is 0 Å². The van der Waals surface area contributed by atoms with Crippen molar-refractivity contribution in [2.24, 2.45) is 5.92 Å². The Hall–Kier alpha value is -0.650. The molecule has 0 aromatic heterocycles. The Bertz CT molecular complexity index is 372. The standard InChI is InChI=1S/C20H40N4O/c1-4-6-20(25)21-17-19-7-11-22(12-8-19)9-5-10-23-13-15-24(16-14-23)18(2)3/h18-19H,4-17H2,1-3H3,(H,21,25). The first-order valence-corrected chi connectivity index (χ1v) is 10.5. The van der Waals surface area contributed by atoms with Crippen LogP contribution in [-0.2, 0) is 4.79 Å². The Kier molecular flexibility index (Phi) is 9.21.